The van der Waals surface area contributed by atoms with Gasteiger partial charge in [-0.1, -0.05) is 0 Å². The van der Waals surface area contributed by atoms with Crippen molar-refractivity contribution in [1.82, 2.24) is 14.8 Å². The van der Waals surface area contributed by atoms with Crippen LogP contribution in [0.25, 0.3) is 0 Å². The summed E-state index contributed by atoms with van der Waals surface area (Å²) >= 11 is 0. The molecule has 0 bridgehead atoms. The van der Waals surface area contributed by atoms with Crippen LogP contribution in [0.5, 0.6) is 0 Å². The zero-order chi connectivity index (χ0) is 9.14. The Bertz CT molecular complexity index is 294. The molecule has 1 rings (SSSR count). The summed E-state index contributed by atoms with van der Waals surface area (Å²) in [4.78, 5) is 17.2. The second-order valence-electron chi connectivity index (χ2n) is 1.81. The first-order chi connectivity index (χ1) is 5.59. The van der Waals surface area contributed by atoms with Gasteiger partial charge in [-0.2, -0.15) is 4.98 Å². The summed E-state index contributed by atoms with van der Waals surface area (Å²) in [6, 6.07) is 0. The Morgan fingerprint density at radius 1 is 1.67 bits per heavy atom. The topological polar surface area (TPSA) is 135 Å². The maximum Gasteiger partial charge on any atom is 0.296 e. The molecule has 1 aromatic rings. The van der Waals surface area contributed by atoms with Crippen molar-refractivity contribution in [3.8, 4) is 0 Å². The molecule has 1 heterocycles. The van der Waals surface area contributed by atoms with Crippen LogP contribution >= 0.6 is 0 Å². The molecule has 0 fully saturated rings. The van der Waals surface area contributed by atoms with Crippen molar-refractivity contribution in [2.24, 2.45) is 0 Å². The molecule has 0 saturated carbocycles. The van der Waals surface area contributed by atoms with Gasteiger partial charge in [0.25, 0.3) is 5.09 Å². The summed E-state index contributed by atoms with van der Waals surface area (Å²) in [6.07, 6.45) is 0. The number of rotatable bonds is 3. The SMILES string of the molecule is Nc1nc(N)n(CO[N+](=O)[O-])n1. The van der Waals surface area contributed by atoms with Crippen LogP contribution in [0.4, 0.5) is 11.9 Å². The lowest BCUT2D eigenvalue weighted by atomic mass is 11.0. The molecular formula is C3H6N6O3. The number of hydrogen-bond acceptors (Lipinski definition) is 7. The molecule has 4 N–H and O–H groups in total. The largest absolute Gasteiger partial charge is 0.368 e. The standard InChI is InChI=1S/C3H6N6O3/c4-2-6-3(5)8(7-2)1-12-9(10)11/h1H2,(H4,4,5,6,7). The zero-order valence-electron chi connectivity index (χ0n) is 5.88. The van der Waals surface area contributed by atoms with Crippen molar-refractivity contribution in [3.05, 3.63) is 10.1 Å². The van der Waals surface area contributed by atoms with E-state index in [4.69, 9.17) is 11.5 Å². The van der Waals surface area contributed by atoms with Crippen molar-refractivity contribution in [3.63, 3.8) is 0 Å². The first kappa shape index (κ1) is 8.04. The van der Waals surface area contributed by atoms with E-state index < -0.39 is 11.8 Å². The van der Waals surface area contributed by atoms with Gasteiger partial charge >= 0.3 is 0 Å². The van der Waals surface area contributed by atoms with Crippen LogP contribution in [0.3, 0.4) is 0 Å². The minimum Gasteiger partial charge on any atom is -0.368 e. The highest BCUT2D eigenvalue weighted by Crippen LogP contribution is 2.00. The molecule has 0 aliphatic heterocycles. The Balaban J connectivity index is 2.62. The average molecular weight is 174 g/mol. The van der Waals surface area contributed by atoms with Crippen LogP contribution < -0.4 is 11.5 Å². The highest BCUT2D eigenvalue weighted by Gasteiger charge is 2.04. The Labute approximate surface area is 66.0 Å². The maximum absolute atomic E-state index is 9.74. The zero-order valence-corrected chi connectivity index (χ0v) is 5.88. The third-order valence-electron chi connectivity index (χ3n) is 1.00. The van der Waals surface area contributed by atoms with Crippen molar-refractivity contribution in [1.29, 1.82) is 0 Å². The van der Waals surface area contributed by atoms with E-state index in [1.807, 2.05) is 0 Å². The molecular weight excluding hydrogens is 168 g/mol. The molecule has 0 aromatic carbocycles. The van der Waals surface area contributed by atoms with Gasteiger partial charge in [-0.15, -0.1) is 15.2 Å². The molecule has 0 aliphatic carbocycles. The Kier molecular flexibility index (Phi) is 1.94. The van der Waals surface area contributed by atoms with Gasteiger partial charge in [0.1, 0.15) is 0 Å². The van der Waals surface area contributed by atoms with Gasteiger partial charge in [-0.25, -0.2) is 4.68 Å². The Hall–Kier alpha value is -2.06. The van der Waals surface area contributed by atoms with Crippen molar-refractivity contribution in [2.75, 3.05) is 11.5 Å². The summed E-state index contributed by atoms with van der Waals surface area (Å²) in [6.45, 7) is -0.414. The molecule has 0 spiro atoms. The van der Waals surface area contributed by atoms with Crippen LogP contribution in [-0.2, 0) is 11.6 Å². The van der Waals surface area contributed by atoms with Crippen molar-refractivity contribution in [2.45, 2.75) is 6.73 Å². The number of nitrogens with zero attached hydrogens (tertiary/aromatic N) is 4. The summed E-state index contributed by atoms with van der Waals surface area (Å²) in [5.41, 5.74) is 10.4. The predicted molar refractivity (Wildman–Crippen MR) is 36.9 cm³/mol. The van der Waals surface area contributed by atoms with Crippen LogP contribution in [0.2, 0.25) is 0 Å². The Morgan fingerprint density at radius 3 is 2.75 bits per heavy atom. The van der Waals surface area contributed by atoms with Gasteiger partial charge in [0.05, 0.1) is 0 Å². The van der Waals surface area contributed by atoms with Crippen LogP contribution in [0, 0.1) is 10.1 Å². The lowest BCUT2D eigenvalue weighted by Gasteiger charge is -1.98. The molecule has 1 aromatic heterocycles. The molecule has 66 valence electrons. The minimum absolute atomic E-state index is 0.0330. The smallest absolute Gasteiger partial charge is 0.296 e. The fourth-order valence-electron chi connectivity index (χ4n) is 0.569. The second kappa shape index (κ2) is 2.90. The van der Waals surface area contributed by atoms with Gasteiger partial charge in [0, 0.05) is 0 Å². The maximum atomic E-state index is 9.74. The molecule has 0 aliphatic rings. The van der Waals surface area contributed by atoms with E-state index in [2.05, 4.69) is 14.9 Å². The number of aromatic nitrogens is 3. The van der Waals surface area contributed by atoms with Crippen LogP contribution in [0.1, 0.15) is 0 Å². The lowest BCUT2D eigenvalue weighted by Crippen LogP contribution is -2.11. The van der Waals surface area contributed by atoms with E-state index in [0.717, 1.165) is 4.68 Å². The van der Waals surface area contributed by atoms with E-state index in [9.17, 15) is 10.1 Å². The van der Waals surface area contributed by atoms with Gasteiger partial charge in [-0.3, -0.25) is 4.84 Å². The quantitative estimate of drug-likeness (QED) is 0.425. The highest BCUT2D eigenvalue weighted by atomic mass is 17.0. The predicted octanol–water partition coefficient (Wildman–Crippen LogP) is -1.39. The minimum atomic E-state index is -0.961. The fraction of sp³-hybridized carbons (Fsp3) is 0.333. The van der Waals surface area contributed by atoms with E-state index >= 15 is 0 Å². The summed E-state index contributed by atoms with van der Waals surface area (Å²) in [5, 5.41) is 12.3. The van der Waals surface area contributed by atoms with Crippen molar-refractivity contribution < 1.29 is 9.92 Å². The molecule has 9 nitrogen and oxygen atoms in total. The fourth-order valence-corrected chi connectivity index (χ4v) is 0.569. The van der Waals surface area contributed by atoms with E-state index in [1.165, 1.54) is 0 Å². The van der Waals surface area contributed by atoms with E-state index in [1.54, 1.807) is 0 Å². The summed E-state index contributed by atoms with van der Waals surface area (Å²) < 4.78 is 0.970. The van der Waals surface area contributed by atoms with E-state index in [0.29, 0.717) is 0 Å². The third kappa shape index (κ3) is 1.71. The van der Waals surface area contributed by atoms with Gasteiger partial charge in [-0.05, 0) is 0 Å². The van der Waals surface area contributed by atoms with E-state index in [-0.39, 0.29) is 11.9 Å². The van der Waals surface area contributed by atoms with Gasteiger partial charge in [0.2, 0.25) is 11.9 Å². The van der Waals surface area contributed by atoms with Crippen LogP contribution in [-0.4, -0.2) is 19.9 Å². The monoisotopic (exact) mass is 174 g/mol. The molecule has 12 heavy (non-hydrogen) atoms. The van der Waals surface area contributed by atoms with Gasteiger partial charge < -0.3 is 11.5 Å². The number of hydrogen-bond donors (Lipinski definition) is 2. The second-order valence-corrected chi connectivity index (χ2v) is 1.81. The Morgan fingerprint density at radius 2 is 2.33 bits per heavy atom. The highest BCUT2D eigenvalue weighted by molar-refractivity contribution is 5.25. The van der Waals surface area contributed by atoms with Gasteiger partial charge in [0.15, 0.2) is 6.73 Å². The molecule has 0 saturated heterocycles. The molecule has 9 heteroatoms. The summed E-state index contributed by atoms with van der Waals surface area (Å²) in [7, 11) is 0. The molecule has 0 atom stereocenters. The molecule has 0 unspecified atom stereocenters. The average Bonchev–Trinajstić information content (AvgIpc) is 2.26. The first-order valence-corrected chi connectivity index (χ1v) is 2.82. The number of nitrogen functional groups attached to an aromatic ring is 2. The van der Waals surface area contributed by atoms with Crippen molar-refractivity contribution >= 4 is 11.9 Å². The summed E-state index contributed by atoms with van der Waals surface area (Å²) in [5.74, 6) is -0.0891. The van der Waals surface area contributed by atoms with Crippen LogP contribution in [0.15, 0.2) is 0 Å². The third-order valence-corrected chi connectivity index (χ3v) is 1.00. The number of nitrogens with two attached hydrogens (primary N) is 2. The number of anilines is 2. The molecule has 0 amide bonds. The molecule has 0 radical (unpaired) electrons. The normalized spacial score (nSPS) is 9.67. The first-order valence-electron chi connectivity index (χ1n) is 2.82. The lowest BCUT2D eigenvalue weighted by molar-refractivity contribution is -0.767.